The van der Waals surface area contributed by atoms with E-state index >= 15 is 0 Å². The Bertz CT molecular complexity index is 1280. The van der Waals surface area contributed by atoms with E-state index in [9.17, 15) is 8.42 Å². The minimum atomic E-state index is -3.91. The third-order valence-electron chi connectivity index (χ3n) is 6.00. The molecule has 12 nitrogen and oxygen atoms in total. The molecule has 188 valence electrons. The summed E-state index contributed by atoms with van der Waals surface area (Å²) >= 11 is 0. The van der Waals surface area contributed by atoms with Crippen LogP contribution in [0.3, 0.4) is 0 Å². The van der Waals surface area contributed by atoms with Gasteiger partial charge in [-0.25, -0.2) is 18.4 Å². The van der Waals surface area contributed by atoms with Crippen LogP contribution in [0.1, 0.15) is 31.6 Å². The Morgan fingerprint density at radius 1 is 1.14 bits per heavy atom. The average molecular weight is 505 g/mol. The normalized spacial score (nSPS) is 16.8. The van der Waals surface area contributed by atoms with E-state index in [1.165, 1.54) is 19.5 Å². The predicted molar refractivity (Wildman–Crippen MR) is 127 cm³/mol. The molecule has 3 aromatic rings. The second kappa shape index (κ2) is 10.0. The highest BCUT2D eigenvalue weighted by Gasteiger charge is 2.34. The van der Waals surface area contributed by atoms with Gasteiger partial charge in [-0.05, 0) is 19.1 Å². The number of hydrogen-bond acceptors (Lipinski definition) is 10. The highest BCUT2D eigenvalue weighted by Crippen LogP contribution is 2.41. The molecule has 0 bridgehead atoms. The maximum absolute atomic E-state index is 13.4. The van der Waals surface area contributed by atoms with Gasteiger partial charge in [0.05, 0.1) is 50.1 Å². The molecule has 13 heteroatoms. The van der Waals surface area contributed by atoms with Crippen molar-refractivity contribution in [3.8, 4) is 28.6 Å². The minimum absolute atomic E-state index is 0.0658. The molecule has 35 heavy (non-hydrogen) atoms. The summed E-state index contributed by atoms with van der Waals surface area (Å²) in [5.74, 6) is 1.92. The summed E-state index contributed by atoms with van der Waals surface area (Å²) in [5, 5.41) is 7.58. The molecule has 0 amide bonds. The summed E-state index contributed by atoms with van der Waals surface area (Å²) in [7, 11) is 0.711. The summed E-state index contributed by atoms with van der Waals surface area (Å²) in [6.07, 6.45) is 3.01. The van der Waals surface area contributed by atoms with Crippen LogP contribution in [0.25, 0.3) is 11.4 Å². The zero-order valence-corrected chi connectivity index (χ0v) is 20.9. The Morgan fingerprint density at radius 2 is 1.89 bits per heavy atom. The molecule has 1 aliphatic heterocycles. The molecule has 0 spiro atoms. The number of ether oxygens (including phenoxy) is 4. The Kier molecular flexibility index (Phi) is 7.08. The molecule has 2 aromatic heterocycles. The number of rotatable bonds is 9. The van der Waals surface area contributed by atoms with Gasteiger partial charge in [0, 0.05) is 13.0 Å². The van der Waals surface area contributed by atoms with Gasteiger partial charge in [-0.1, -0.05) is 13.0 Å². The summed E-state index contributed by atoms with van der Waals surface area (Å²) in [6, 6.07) is 5.01. The van der Waals surface area contributed by atoms with Crippen LogP contribution in [0.2, 0.25) is 0 Å². The molecule has 1 aliphatic rings. The van der Waals surface area contributed by atoms with Crippen LogP contribution in [-0.4, -0.2) is 72.9 Å². The highest BCUT2D eigenvalue weighted by molar-refractivity contribution is 7.93. The second-order valence-electron chi connectivity index (χ2n) is 8.10. The fourth-order valence-corrected chi connectivity index (χ4v) is 5.07. The van der Waals surface area contributed by atoms with Crippen LogP contribution in [0.5, 0.6) is 17.2 Å². The van der Waals surface area contributed by atoms with Crippen LogP contribution in [0, 0.1) is 0 Å². The fraction of sp³-hybridized carbons (Fsp3) is 0.455. The molecule has 1 aromatic carbocycles. The van der Waals surface area contributed by atoms with Gasteiger partial charge in [-0.3, -0.25) is 9.29 Å². The molecule has 0 saturated carbocycles. The van der Waals surface area contributed by atoms with Crippen LogP contribution in [0.4, 0.5) is 5.95 Å². The van der Waals surface area contributed by atoms with E-state index in [-0.39, 0.29) is 19.2 Å². The lowest BCUT2D eigenvalue weighted by atomic mass is 10.1. The number of nitrogens with zero attached hydrogens (tertiary/aromatic N) is 5. The monoisotopic (exact) mass is 504 g/mol. The first-order chi connectivity index (χ1) is 16.8. The molecule has 3 atom stereocenters. The Hall–Kier alpha value is -3.45. The molecular weight excluding hydrogens is 476 g/mol. The van der Waals surface area contributed by atoms with E-state index in [2.05, 4.69) is 24.9 Å². The molecule has 2 unspecified atom stereocenters. The predicted octanol–water partition coefficient (Wildman–Crippen LogP) is 2.27. The Balaban J connectivity index is 1.68. The molecule has 3 heterocycles. The smallest absolute Gasteiger partial charge is 0.239 e. The van der Waals surface area contributed by atoms with Gasteiger partial charge in [-0.2, -0.15) is 0 Å². The van der Waals surface area contributed by atoms with Crippen LogP contribution < -0.4 is 18.9 Å². The Labute approximate surface area is 203 Å². The van der Waals surface area contributed by atoms with Crippen LogP contribution in [-0.2, 0) is 14.8 Å². The third-order valence-corrected chi connectivity index (χ3v) is 7.85. The van der Waals surface area contributed by atoms with Crippen molar-refractivity contribution in [1.82, 2.24) is 24.7 Å². The summed E-state index contributed by atoms with van der Waals surface area (Å²) < 4.78 is 52.9. The first kappa shape index (κ1) is 24.7. The maximum atomic E-state index is 13.4. The SMILES string of the molecule is COC[C@H]1COc2c(OC)cccc2-c2nnc(NS(=O)(=O)C(C)C(C)c3ncc(OC)cn3)n21. The molecule has 4 rings (SSSR count). The number of fused-ring (bicyclic) bond motifs is 3. The highest BCUT2D eigenvalue weighted by atomic mass is 32.2. The first-order valence-electron chi connectivity index (χ1n) is 10.9. The van der Waals surface area contributed by atoms with Crippen molar-refractivity contribution in [3.05, 3.63) is 36.4 Å². The summed E-state index contributed by atoms with van der Waals surface area (Å²) in [5.41, 5.74) is 0.633. The maximum Gasteiger partial charge on any atom is 0.239 e. The molecule has 0 saturated heterocycles. The summed E-state index contributed by atoms with van der Waals surface area (Å²) in [4.78, 5) is 8.47. The standard InChI is InChI=1S/C22H28N6O6S/c1-13(20-23-9-16(32-4)10-24-20)14(2)35(29,30)27-22-26-25-21-17-7-6-8-18(33-5)19(17)34-12-15(11-31-3)28(21)22/h6-10,13-15H,11-12H2,1-5H3,(H,26,27)/t13?,14?,15-/m0/s1. The van der Waals surface area contributed by atoms with Crippen molar-refractivity contribution < 1.29 is 27.4 Å². The van der Waals surface area contributed by atoms with Gasteiger partial charge in [0.25, 0.3) is 0 Å². The lowest BCUT2D eigenvalue weighted by Gasteiger charge is -2.22. The molecule has 1 N–H and O–H groups in total. The number of anilines is 1. The fourth-order valence-electron chi connectivity index (χ4n) is 3.83. The van der Waals surface area contributed by atoms with E-state index in [4.69, 9.17) is 18.9 Å². The van der Waals surface area contributed by atoms with Crippen molar-refractivity contribution in [2.75, 3.05) is 39.3 Å². The van der Waals surface area contributed by atoms with Gasteiger partial charge in [0.2, 0.25) is 16.0 Å². The molecule has 0 fully saturated rings. The van der Waals surface area contributed by atoms with Crippen molar-refractivity contribution in [1.29, 1.82) is 0 Å². The number of hydrogen-bond donors (Lipinski definition) is 1. The van der Waals surface area contributed by atoms with Crippen molar-refractivity contribution in [2.24, 2.45) is 0 Å². The Morgan fingerprint density at radius 3 is 2.54 bits per heavy atom. The number of nitrogens with one attached hydrogen (secondary N) is 1. The number of aromatic nitrogens is 5. The van der Waals surface area contributed by atoms with Gasteiger partial charge in [0.1, 0.15) is 12.4 Å². The van der Waals surface area contributed by atoms with Gasteiger partial charge in [0.15, 0.2) is 23.1 Å². The van der Waals surface area contributed by atoms with Gasteiger partial charge >= 0.3 is 0 Å². The lowest BCUT2D eigenvalue weighted by Crippen LogP contribution is -2.32. The van der Waals surface area contributed by atoms with Crippen molar-refractivity contribution in [3.63, 3.8) is 0 Å². The second-order valence-corrected chi connectivity index (χ2v) is 10.1. The third kappa shape index (κ3) is 4.73. The molecular formula is C22H28N6O6S. The average Bonchev–Trinajstić information content (AvgIpc) is 3.20. The van der Waals surface area contributed by atoms with Crippen molar-refractivity contribution >= 4 is 16.0 Å². The number of methoxy groups -OCH3 is 3. The zero-order chi connectivity index (χ0) is 25.2. The number of sulfonamides is 1. The van der Waals surface area contributed by atoms with E-state index in [0.717, 1.165) is 0 Å². The van der Waals surface area contributed by atoms with E-state index in [1.54, 1.807) is 44.8 Å². The largest absolute Gasteiger partial charge is 0.494 e. The van der Waals surface area contributed by atoms with Crippen LogP contribution in [0.15, 0.2) is 30.6 Å². The molecule has 0 aliphatic carbocycles. The van der Waals surface area contributed by atoms with Gasteiger partial charge in [-0.15, -0.1) is 10.2 Å². The first-order valence-corrected chi connectivity index (χ1v) is 12.5. The minimum Gasteiger partial charge on any atom is -0.494 e. The quantitative estimate of drug-likeness (QED) is 0.461. The van der Waals surface area contributed by atoms with Gasteiger partial charge < -0.3 is 18.9 Å². The molecule has 0 radical (unpaired) electrons. The van der Waals surface area contributed by atoms with E-state index < -0.39 is 27.2 Å². The number of benzene rings is 1. The zero-order valence-electron chi connectivity index (χ0n) is 20.1. The number of para-hydroxylation sites is 1. The van der Waals surface area contributed by atoms with E-state index in [0.29, 0.717) is 34.5 Å². The lowest BCUT2D eigenvalue weighted by molar-refractivity contribution is 0.125. The topological polar surface area (TPSA) is 140 Å². The summed E-state index contributed by atoms with van der Waals surface area (Å²) in [6.45, 7) is 3.80. The van der Waals surface area contributed by atoms with Crippen molar-refractivity contribution in [2.45, 2.75) is 31.1 Å². The van der Waals surface area contributed by atoms with E-state index in [1.807, 2.05) is 6.07 Å². The van der Waals surface area contributed by atoms with Crippen LogP contribution >= 0.6 is 0 Å².